The van der Waals surface area contributed by atoms with Crippen molar-refractivity contribution in [1.82, 2.24) is 9.55 Å². The third kappa shape index (κ3) is 5.68. The highest BCUT2D eigenvalue weighted by Crippen LogP contribution is 2.32. The summed E-state index contributed by atoms with van der Waals surface area (Å²) in [7, 11) is 0. The average Bonchev–Trinajstić information content (AvgIpc) is 3.54. The second-order valence-corrected chi connectivity index (χ2v) is 8.96. The summed E-state index contributed by atoms with van der Waals surface area (Å²) in [5.41, 5.74) is 3.54. The number of halogens is 1. The van der Waals surface area contributed by atoms with E-state index in [1.54, 1.807) is 12.5 Å². The van der Waals surface area contributed by atoms with E-state index in [1.165, 1.54) is 11.1 Å². The molecular weight excluding hydrogens is 448 g/mol. The third-order valence-electron chi connectivity index (χ3n) is 6.00. The van der Waals surface area contributed by atoms with E-state index in [0.29, 0.717) is 19.8 Å². The van der Waals surface area contributed by atoms with Crippen molar-refractivity contribution in [3.05, 3.63) is 108 Å². The summed E-state index contributed by atoms with van der Waals surface area (Å²) in [6, 6.07) is 26.4. The van der Waals surface area contributed by atoms with Crippen LogP contribution in [0.1, 0.15) is 12.0 Å². The van der Waals surface area contributed by atoms with Gasteiger partial charge in [-0.15, -0.1) is 0 Å². The van der Waals surface area contributed by atoms with Crippen LogP contribution >= 0.6 is 11.6 Å². The molecule has 0 aliphatic carbocycles. The first-order chi connectivity index (χ1) is 16.7. The Labute approximate surface area is 204 Å². The lowest BCUT2D eigenvalue weighted by molar-refractivity contribution is -0.184. The number of hydrogen-bond donors (Lipinski definition) is 0. The monoisotopic (exact) mass is 474 g/mol. The number of ether oxygens (including phenoxy) is 3. The van der Waals surface area contributed by atoms with Crippen LogP contribution in [0, 0.1) is 0 Å². The second-order valence-electron chi connectivity index (χ2n) is 8.52. The van der Waals surface area contributed by atoms with Crippen LogP contribution in [0.3, 0.4) is 0 Å². The molecule has 0 spiro atoms. The van der Waals surface area contributed by atoms with Gasteiger partial charge in [0.15, 0.2) is 5.79 Å². The molecule has 3 aromatic carbocycles. The minimum atomic E-state index is -0.731. The van der Waals surface area contributed by atoms with E-state index in [9.17, 15) is 0 Å². The van der Waals surface area contributed by atoms with Gasteiger partial charge in [0.1, 0.15) is 18.5 Å². The van der Waals surface area contributed by atoms with Crippen LogP contribution in [0.2, 0.25) is 5.02 Å². The van der Waals surface area contributed by atoms with Crippen molar-refractivity contribution in [3.63, 3.8) is 0 Å². The van der Waals surface area contributed by atoms with Crippen LogP contribution in [-0.2, 0) is 22.4 Å². The summed E-state index contributed by atoms with van der Waals surface area (Å²) in [4.78, 5) is 4.16. The molecule has 2 unspecified atom stereocenters. The van der Waals surface area contributed by atoms with Crippen LogP contribution in [0.4, 0.5) is 0 Å². The predicted molar refractivity (Wildman–Crippen MR) is 133 cm³/mol. The molecule has 2 atom stereocenters. The lowest BCUT2D eigenvalue weighted by Crippen LogP contribution is -2.37. The molecule has 0 saturated carbocycles. The van der Waals surface area contributed by atoms with Crippen LogP contribution in [0.25, 0.3) is 11.1 Å². The van der Waals surface area contributed by atoms with Gasteiger partial charge in [-0.25, -0.2) is 4.98 Å². The van der Waals surface area contributed by atoms with Crippen LogP contribution < -0.4 is 4.74 Å². The summed E-state index contributed by atoms with van der Waals surface area (Å²) < 4.78 is 20.8. The van der Waals surface area contributed by atoms with Crippen LogP contribution in [0.5, 0.6) is 5.75 Å². The smallest absolute Gasteiger partial charge is 0.187 e. The number of benzene rings is 3. The Bertz CT molecular complexity index is 1160. The molecule has 0 amide bonds. The Morgan fingerprint density at radius 1 is 0.971 bits per heavy atom. The average molecular weight is 475 g/mol. The molecule has 1 saturated heterocycles. The zero-order valence-electron chi connectivity index (χ0n) is 18.8. The predicted octanol–water partition coefficient (Wildman–Crippen LogP) is 6.03. The highest BCUT2D eigenvalue weighted by atomic mass is 35.5. The number of hydrogen-bond acceptors (Lipinski definition) is 4. The quantitative estimate of drug-likeness (QED) is 0.297. The summed E-state index contributed by atoms with van der Waals surface area (Å²) >= 11 is 6.03. The van der Waals surface area contributed by atoms with Gasteiger partial charge >= 0.3 is 0 Å². The van der Waals surface area contributed by atoms with Crippen molar-refractivity contribution < 1.29 is 14.2 Å². The Hall–Kier alpha value is -3.12. The minimum Gasteiger partial charge on any atom is -0.491 e. The zero-order valence-corrected chi connectivity index (χ0v) is 19.6. The van der Waals surface area contributed by atoms with Gasteiger partial charge in [-0.1, -0.05) is 66.2 Å². The Morgan fingerprint density at radius 3 is 2.47 bits per heavy atom. The van der Waals surface area contributed by atoms with Gasteiger partial charge in [-0.05, 0) is 47.4 Å². The van der Waals surface area contributed by atoms with E-state index >= 15 is 0 Å². The van der Waals surface area contributed by atoms with Crippen molar-refractivity contribution >= 4 is 11.6 Å². The number of rotatable bonds is 9. The van der Waals surface area contributed by atoms with Crippen molar-refractivity contribution in [2.45, 2.75) is 31.3 Å². The van der Waals surface area contributed by atoms with Gasteiger partial charge in [0.05, 0.1) is 19.5 Å². The van der Waals surface area contributed by atoms with E-state index in [4.69, 9.17) is 25.8 Å². The van der Waals surface area contributed by atoms with E-state index in [1.807, 2.05) is 65.4 Å². The van der Waals surface area contributed by atoms with E-state index in [-0.39, 0.29) is 6.10 Å². The van der Waals surface area contributed by atoms with E-state index in [0.717, 1.165) is 29.2 Å². The normalized spacial score (nSPS) is 19.9. The van der Waals surface area contributed by atoms with E-state index < -0.39 is 5.79 Å². The fraction of sp³-hybridized carbons (Fsp3) is 0.250. The first-order valence-corrected chi connectivity index (χ1v) is 11.9. The van der Waals surface area contributed by atoms with Crippen molar-refractivity contribution in [2.75, 3.05) is 13.2 Å². The Kier molecular flexibility index (Phi) is 6.95. The minimum absolute atomic E-state index is 0.150. The number of aromatic nitrogens is 2. The summed E-state index contributed by atoms with van der Waals surface area (Å²) in [6.45, 7) is 1.48. The van der Waals surface area contributed by atoms with Gasteiger partial charge in [0.2, 0.25) is 0 Å². The molecule has 1 aliphatic heterocycles. The van der Waals surface area contributed by atoms with Crippen LogP contribution in [0.15, 0.2) is 97.6 Å². The molecule has 5 nitrogen and oxygen atoms in total. The summed E-state index contributed by atoms with van der Waals surface area (Å²) in [5.74, 6) is 0.0856. The highest BCUT2D eigenvalue weighted by Gasteiger charge is 2.42. The molecule has 6 heteroatoms. The maximum atomic E-state index is 6.46. The SMILES string of the molecule is Clc1ccc(CCC2(Cn3ccnc3)OCC(COc3ccc(-c4ccccc4)cc3)O2)cc1. The number of imidazole rings is 1. The lowest BCUT2D eigenvalue weighted by Gasteiger charge is -2.28. The number of nitrogens with zero attached hydrogens (tertiary/aromatic N) is 2. The molecule has 4 aromatic rings. The molecule has 174 valence electrons. The van der Waals surface area contributed by atoms with Gasteiger partial charge in [0, 0.05) is 23.8 Å². The zero-order chi connectivity index (χ0) is 23.2. The molecular formula is C28H27ClN2O3. The van der Waals surface area contributed by atoms with Gasteiger partial charge in [-0.3, -0.25) is 0 Å². The third-order valence-corrected chi connectivity index (χ3v) is 6.25. The second kappa shape index (κ2) is 10.4. The first-order valence-electron chi connectivity index (χ1n) is 11.5. The van der Waals surface area contributed by atoms with Crippen molar-refractivity contribution in [3.8, 4) is 16.9 Å². The maximum Gasteiger partial charge on any atom is 0.187 e. The van der Waals surface area contributed by atoms with Gasteiger partial charge < -0.3 is 18.8 Å². The molecule has 2 heterocycles. The topological polar surface area (TPSA) is 45.5 Å². The number of aryl methyl sites for hydroxylation is 1. The highest BCUT2D eigenvalue weighted by molar-refractivity contribution is 6.30. The molecule has 0 bridgehead atoms. The molecule has 1 fully saturated rings. The Balaban J connectivity index is 1.21. The first kappa shape index (κ1) is 22.7. The lowest BCUT2D eigenvalue weighted by atomic mass is 10.0. The molecule has 0 N–H and O–H groups in total. The van der Waals surface area contributed by atoms with Crippen molar-refractivity contribution in [2.24, 2.45) is 0 Å². The standard InChI is InChI=1S/C28H27ClN2O3/c29-25-10-6-22(7-11-25)14-15-28(20-31-17-16-30-21-31)33-19-27(34-28)18-32-26-12-8-24(9-13-26)23-4-2-1-3-5-23/h1-13,16-17,21,27H,14-15,18-20H2. The molecule has 0 radical (unpaired) electrons. The fourth-order valence-corrected chi connectivity index (χ4v) is 4.33. The molecule has 1 aliphatic rings. The molecule has 1 aromatic heterocycles. The van der Waals surface area contributed by atoms with Gasteiger partial charge in [0.25, 0.3) is 0 Å². The summed E-state index contributed by atoms with van der Waals surface area (Å²) in [5, 5.41) is 0.735. The van der Waals surface area contributed by atoms with Crippen molar-refractivity contribution in [1.29, 1.82) is 0 Å². The Morgan fingerprint density at radius 2 is 1.74 bits per heavy atom. The van der Waals surface area contributed by atoms with E-state index in [2.05, 4.69) is 29.2 Å². The van der Waals surface area contributed by atoms with Gasteiger partial charge in [-0.2, -0.15) is 0 Å². The molecule has 34 heavy (non-hydrogen) atoms. The largest absolute Gasteiger partial charge is 0.491 e. The fourth-order valence-electron chi connectivity index (χ4n) is 4.20. The molecule has 5 rings (SSSR count). The van der Waals surface area contributed by atoms with Crippen LogP contribution in [-0.4, -0.2) is 34.7 Å². The summed E-state index contributed by atoms with van der Waals surface area (Å²) in [6.07, 6.45) is 6.86. The maximum absolute atomic E-state index is 6.46.